The third-order valence-electron chi connectivity index (χ3n) is 5.08. The third-order valence-corrected chi connectivity index (χ3v) is 5.08. The van der Waals surface area contributed by atoms with E-state index in [9.17, 15) is 10.1 Å². The fourth-order valence-electron chi connectivity index (χ4n) is 3.60. The summed E-state index contributed by atoms with van der Waals surface area (Å²) < 4.78 is 2.21. The average Bonchev–Trinajstić information content (AvgIpc) is 3.27. The number of amides is 1. The Morgan fingerprint density at radius 1 is 1.36 bits per heavy atom. The monoisotopic (exact) mass is 336 g/mol. The molecule has 1 saturated heterocycles. The summed E-state index contributed by atoms with van der Waals surface area (Å²) >= 11 is 0. The highest BCUT2D eigenvalue weighted by atomic mass is 16.2. The first-order valence-corrected chi connectivity index (χ1v) is 8.50. The molecule has 1 N–H and O–H groups in total. The Balaban J connectivity index is 1.60. The minimum atomic E-state index is -0.961. The first kappa shape index (κ1) is 15.6. The number of carbonyl (C=O) groups is 1. The summed E-state index contributed by atoms with van der Waals surface area (Å²) in [5.74, 6) is -0.0823. The molecule has 0 aromatic carbocycles. The zero-order chi connectivity index (χ0) is 17.6. The van der Waals surface area contributed by atoms with Crippen LogP contribution in [0.5, 0.6) is 0 Å². The van der Waals surface area contributed by atoms with Crippen LogP contribution in [0.3, 0.4) is 0 Å². The molecule has 1 amide bonds. The molecule has 1 aliphatic heterocycles. The van der Waals surface area contributed by atoms with Gasteiger partial charge in [0.1, 0.15) is 16.6 Å². The Hall–Kier alpha value is -2.88. The van der Waals surface area contributed by atoms with Gasteiger partial charge in [0.25, 0.3) is 0 Å². The Morgan fingerprint density at radius 3 is 2.84 bits per heavy atom. The molecule has 0 atom stereocenters. The highest BCUT2D eigenvalue weighted by Gasteiger charge is 2.34. The molecule has 0 aliphatic carbocycles. The van der Waals surface area contributed by atoms with Gasteiger partial charge >= 0.3 is 0 Å². The molecule has 25 heavy (non-hydrogen) atoms. The lowest BCUT2D eigenvalue weighted by Crippen LogP contribution is -2.44. The Kier molecular flexibility index (Phi) is 3.49. The zero-order valence-corrected chi connectivity index (χ0v) is 14.4. The summed E-state index contributed by atoms with van der Waals surface area (Å²) in [6.07, 6.45) is 7.26. The van der Waals surface area contributed by atoms with Gasteiger partial charge in [-0.15, -0.1) is 0 Å². The van der Waals surface area contributed by atoms with Crippen molar-refractivity contribution in [3.63, 3.8) is 0 Å². The van der Waals surface area contributed by atoms with Gasteiger partial charge in [-0.3, -0.25) is 4.79 Å². The lowest BCUT2D eigenvalue weighted by Gasteiger charge is -2.35. The fraction of sp³-hybridized carbons (Fsp3) is 0.444. The number of aromatic amines is 1. The Labute approximate surface area is 145 Å². The zero-order valence-electron chi connectivity index (χ0n) is 14.4. The number of hydrogen-bond acceptors (Lipinski definition) is 4. The number of aromatic nitrogens is 4. The van der Waals surface area contributed by atoms with Crippen LogP contribution < -0.4 is 0 Å². The van der Waals surface area contributed by atoms with E-state index in [1.165, 1.54) is 0 Å². The van der Waals surface area contributed by atoms with E-state index in [1.54, 1.807) is 20.0 Å². The maximum absolute atomic E-state index is 12.5. The van der Waals surface area contributed by atoms with Gasteiger partial charge in [-0.05, 0) is 32.8 Å². The van der Waals surface area contributed by atoms with Gasteiger partial charge in [-0.2, -0.15) is 5.26 Å². The van der Waals surface area contributed by atoms with Crippen molar-refractivity contribution in [2.24, 2.45) is 5.41 Å². The first-order chi connectivity index (χ1) is 12.0. The normalized spacial score (nSPS) is 16.4. The average molecular weight is 336 g/mol. The number of carbonyl (C=O) groups excluding carboxylic acids is 1. The molecule has 3 aromatic rings. The van der Waals surface area contributed by atoms with E-state index in [4.69, 9.17) is 0 Å². The molecule has 3 aromatic heterocycles. The van der Waals surface area contributed by atoms with Gasteiger partial charge in [-0.1, -0.05) is 0 Å². The molecule has 1 fully saturated rings. The lowest BCUT2D eigenvalue weighted by atomic mass is 9.92. The topological polar surface area (TPSA) is 90.6 Å². The molecule has 4 heterocycles. The molecule has 7 heteroatoms. The molecule has 1 aliphatic rings. The molecular formula is C18H20N6O. The highest BCUT2D eigenvalue weighted by Crippen LogP contribution is 2.31. The van der Waals surface area contributed by atoms with Crippen LogP contribution in [-0.2, 0) is 4.79 Å². The third kappa shape index (κ3) is 2.45. The summed E-state index contributed by atoms with van der Waals surface area (Å²) in [7, 11) is 0. The van der Waals surface area contributed by atoms with Crippen LogP contribution >= 0.6 is 0 Å². The van der Waals surface area contributed by atoms with Crippen LogP contribution in [0, 0.1) is 16.7 Å². The van der Waals surface area contributed by atoms with E-state index in [-0.39, 0.29) is 5.91 Å². The first-order valence-electron chi connectivity index (χ1n) is 8.50. The van der Waals surface area contributed by atoms with E-state index < -0.39 is 5.41 Å². The van der Waals surface area contributed by atoms with E-state index in [0.717, 1.165) is 34.9 Å². The highest BCUT2D eigenvalue weighted by molar-refractivity contribution is 6.00. The predicted molar refractivity (Wildman–Crippen MR) is 93.6 cm³/mol. The standard InChI is InChI=1S/C18H20N6O/c1-18(2,10-19)17(25)23-7-4-12(5-8-23)24-11-22-14-9-21-16-13(15(14)24)3-6-20-16/h3,6,9,11-12H,4-5,7-8H2,1-2H3,(H,20,21). The van der Waals surface area contributed by atoms with E-state index in [0.29, 0.717) is 19.1 Å². The fourth-order valence-corrected chi connectivity index (χ4v) is 3.60. The number of fused-ring (bicyclic) bond motifs is 3. The van der Waals surface area contributed by atoms with Crippen molar-refractivity contribution in [2.75, 3.05) is 13.1 Å². The maximum atomic E-state index is 12.5. The summed E-state index contributed by atoms with van der Waals surface area (Å²) in [6.45, 7) is 4.69. The van der Waals surface area contributed by atoms with Gasteiger partial charge < -0.3 is 14.5 Å². The second kappa shape index (κ2) is 5.59. The van der Waals surface area contributed by atoms with E-state index >= 15 is 0 Å². The van der Waals surface area contributed by atoms with Crippen LogP contribution in [0.15, 0.2) is 24.8 Å². The van der Waals surface area contributed by atoms with Gasteiger partial charge in [0.05, 0.1) is 24.1 Å². The molecule has 0 saturated carbocycles. The van der Waals surface area contributed by atoms with Crippen LogP contribution in [0.1, 0.15) is 32.7 Å². The quantitative estimate of drug-likeness (QED) is 0.779. The largest absolute Gasteiger partial charge is 0.346 e. The molecular weight excluding hydrogens is 316 g/mol. The van der Waals surface area contributed by atoms with Gasteiger partial charge in [0.2, 0.25) is 5.91 Å². The van der Waals surface area contributed by atoms with Crippen molar-refractivity contribution in [3.8, 4) is 6.07 Å². The van der Waals surface area contributed by atoms with Crippen LogP contribution in [0.25, 0.3) is 22.1 Å². The van der Waals surface area contributed by atoms with E-state index in [2.05, 4.69) is 25.6 Å². The number of hydrogen-bond donors (Lipinski definition) is 1. The van der Waals surface area contributed by atoms with Crippen LogP contribution in [0.4, 0.5) is 0 Å². The number of nitrogens with zero attached hydrogens (tertiary/aromatic N) is 5. The molecule has 0 spiro atoms. The van der Waals surface area contributed by atoms with Crippen LogP contribution in [-0.4, -0.2) is 43.4 Å². The SMILES string of the molecule is CC(C)(C#N)C(=O)N1CCC(n2cnc3cnc4[nH]ccc4c32)CC1. The van der Waals surface area contributed by atoms with Crippen molar-refractivity contribution < 1.29 is 4.79 Å². The summed E-state index contributed by atoms with van der Waals surface area (Å²) in [6, 6.07) is 4.42. The maximum Gasteiger partial charge on any atom is 0.242 e. The number of rotatable bonds is 2. The minimum Gasteiger partial charge on any atom is -0.346 e. The van der Waals surface area contributed by atoms with Crippen molar-refractivity contribution in [1.29, 1.82) is 5.26 Å². The number of pyridine rings is 1. The second-order valence-corrected chi connectivity index (χ2v) is 7.14. The van der Waals surface area contributed by atoms with Crippen molar-refractivity contribution in [3.05, 3.63) is 24.8 Å². The summed E-state index contributed by atoms with van der Waals surface area (Å²) in [4.78, 5) is 26.3. The van der Waals surface area contributed by atoms with Gasteiger partial charge in [-0.25, -0.2) is 9.97 Å². The number of nitriles is 1. The number of piperidine rings is 1. The van der Waals surface area contributed by atoms with Crippen molar-refractivity contribution in [2.45, 2.75) is 32.7 Å². The minimum absolute atomic E-state index is 0.0823. The molecule has 128 valence electrons. The summed E-state index contributed by atoms with van der Waals surface area (Å²) in [5.41, 5.74) is 1.87. The van der Waals surface area contributed by atoms with Crippen LogP contribution in [0.2, 0.25) is 0 Å². The molecule has 7 nitrogen and oxygen atoms in total. The number of imidazole rings is 1. The Bertz CT molecular complexity index is 984. The van der Waals surface area contributed by atoms with Gasteiger partial charge in [0.15, 0.2) is 0 Å². The number of nitrogens with one attached hydrogen (secondary N) is 1. The molecule has 0 radical (unpaired) electrons. The van der Waals surface area contributed by atoms with Crippen molar-refractivity contribution >= 4 is 28.0 Å². The smallest absolute Gasteiger partial charge is 0.242 e. The van der Waals surface area contributed by atoms with E-state index in [1.807, 2.05) is 23.5 Å². The Morgan fingerprint density at radius 2 is 2.12 bits per heavy atom. The van der Waals surface area contributed by atoms with Gasteiger partial charge in [0, 0.05) is 30.7 Å². The predicted octanol–water partition coefficient (Wildman–Crippen LogP) is 2.63. The lowest BCUT2D eigenvalue weighted by molar-refractivity contribution is -0.138. The summed E-state index contributed by atoms with van der Waals surface area (Å²) in [5, 5.41) is 10.2. The van der Waals surface area contributed by atoms with Crippen molar-refractivity contribution in [1.82, 2.24) is 24.4 Å². The number of likely N-dealkylation sites (tertiary alicyclic amines) is 1. The number of H-pyrrole nitrogens is 1. The second-order valence-electron chi connectivity index (χ2n) is 7.14. The molecule has 0 bridgehead atoms. The molecule has 0 unspecified atom stereocenters. The molecule has 4 rings (SSSR count).